The molecule has 0 saturated carbocycles. The summed E-state index contributed by atoms with van der Waals surface area (Å²) < 4.78 is 5.52. The topological polar surface area (TPSA) is 88.1 Å². The van der Waals surface area contributed by atoms with E-state index in [0.29, 0.717) is 5.75 Å². The second kappa shape index (κ2) is 5.69. The maximum absolute atomic E-state index is 11.0. The molecule has 2 aromatic carbocycles. The van der Waals surface area contributed by atoms with Crippen LogP contribution in [0.5, 0.6) is 11.6 Å². The van der Waals surface area contributed by atoms with E-state index in [-0.39, 0.29) is 11.6 Å². The lowest BCUT2D eigenvalue weighted by Gasteiger charge is -2.07. The molecule has 0 spiro atoms. The standard InChI is InChI=1S/C16H13N3O3/c1-10-4-2-5-11(8-10)12-6-3-7-13(9-12)22-15-14(16(20)21)17-19-18-15/h2-9H,1H3,(H,20,21)(H,17,18,19). The Kier molecular flexibility index (Phi) is 3.57. The second-order valence-electron chi connectivity index (χ2n) is 4.80. The van der Waals surface area contributed by atoms with E-state index < -0.39 is 5.97 Å². The lowest BCUT2D eigenvalue weighted by Crippen LogP contribution is -1.99. The van der Waals surface area contributed by atoms with Gasteiger partial charge in [0, 0.05) is 0 Å². The molecule has 3 aromatic rings. The van der Waals surface area contributed by atoms with Crippen molar-refractivity contribution in [2.45, 2.75) is 6.92 Å². The highest BCUT2D eigenvalue weighted by Gasteiger charge is 2.16. The van der Waals surface area contributed by atoms with Crippen LogP contribution in [0.2, 0.25) is 0 Å². The Bertz CT molecular complexity index is 827. The first-order chi connectivity index (χ1) is 10.6. The van der Waals surface area contributed by atoms with Gasteiger partial charge in [-0.05, 0) is 30.2 Å². The summed E-state index contributed by atoms with van der Waals surface area (Å²) in [6.07, 6.45) is 0. The SMILES string of the molecule is Cc1cccc(-c2cccc(Oc3nn[nH]c3C(=O)O)c2)c1. The molecular weight excluding hydrogens is 282 g/mol. The highest BCUT2D eigenvalue weighted by atomic mass is 16.5. The normalized spacial score (nSPS) is 10.4. The van der Waals surface area contributed by atoms with Crippen LogP contribution in [0.3, 0.4) is 0 Å². The Labute approximate surface area is 126 Å². The Balaban J connectivity index is 1.91. The van der Waals surface area contributed by atoms with Gasteiger partial charge in [-0.15, -0.1) is 0 Å². The third-order valence-corrected chi connectivity index (χ3v) is 3.13. The molecule has 6 heteroatoms. The molecule has 3 rings (SSSR count). The van der Waals surface area contributed by atoms with Crippen molar-refractivity contribution in [1.29, 1.82) is 0 Å². The molecule has 0 atom stereocenters. The molecule has 1 aromatic heterocycles. The Morgan fingerprint density at radius 2 is 1.86 bits per heavy atom. The molecule has 6 nitrogen and oxygen atoms in total. The number of carboxylic acids is 1. The summed E-state index contributed by atoms with van der Waals surface area (Å²) in [4.78, 5) is 11.0. The van der Waals surface area contributed by atoms with Crippen LogP contribution in [-0.4, -0.2) is 26.5 Å². The fraction of sp³-hybridized carbons (Fsp3) is 0.0625. The van der Waals surface area contributed by atoms with Crippen molar-refractivity contribution in [3.05, 3.63) is 59.8 Å². The fourth-order valence-electron chi connectivity index (χ4n) is 2.10. The number of H-pyrrole nitrogens is 1. The molecule has 0 bridgehead atoms. The first kappa shape index (κ1) is 13.8. The summed E-state index contributed by atoms with van der Waals surface area (Å²) in [5.74, 6) is -0.737. The molecule has 0 fully saturated rings. The Hall–Kier alpha value is -3.15. The van der Waals surface area contributed by atoms with E-state index in [2.05, 4.69) is 21.5 Å². The third-order valence-electron chi connectivity index (χ3n) is 3.13. The average molecular weight is 295 g/mol. The van der Waals surface area contributed by atoms with Gasteiger partial charge in [0.1, 0.15) is 5.75 Å². The second-order valence-corrected chi connectivity index (χ2v) is 4.80. The van der Waals surface area contributed by atoms with Crippen molar-refractivity contribution in [1.82, 2.24) is 15.4 Å². The smallest absolute Gasteiger partial charge is 0.359 e. The van der Waals surface area contributed by atoms with E-state index in [0.717, 1.165) is 16.7 Å². The van der Waals surface area contributed by atoms with Gasteiger partial charge < -0.3 is 9.84 Å². The Morgan fingerprint density at radius 1 is 1.14 bits per heavy atom. The van der Waals surface area contributed by atoms with Gasteiger partial charge in [-0.3, -0.25) is 0 Å². The number of aromatic nitrogens is 3. The van der Waals surface area contributed by atoms with Gasteiger partial charge >= 0.3 is 5.97 Å². The van der Waals surface area contributed by atoms with Crippen LogP contribution in [0, 0.1) is 6.92 Å². The van der Waals surface area contributed by atoms with Crippen molar-refractivity contribution < 1.29 is 14.6 Å². The number of carboxylic acid groups (broad SMARTS) is 1. The minimum absolute atomic E-state index is 0.0612. The summed E-state index contributed by atoms with van der Waals surface area (Å²) in [7, 11) is 0. The monoisotopic (exact) mass is 295 g/mol. The number of aryl methyl sites for hydroxylation is 1. The van der Waals surface area contributed by atoms with Crippen molar-refractivity contribution in [3.8, 4) is 22.8 Å². The lowest BCUT2D eigenvalue weighted by atomic mass is 10.0. The third kappa shape index (κ3) is 2.80. The van der Waals surface area contributed by atoms with Gasteiger partial charge in [0.15, 0.2) is 0 Å². The number of carbonyl (C=O) groups is 1. The largest absolute Gasteiger partial charge is 0.476 e. The van der Waals surface area contributed by atoms with Crippen molar-refractivity contribution in [2.24, 2.45) is 0 Å². The number of aromatic amines is 1. The van der Waals surface area contributed by atoms with Gasteiger partial charge in [-0.1, -0.05) is 52.3 Å². The summed E-state index contributed by atoms with van der Waals surface area (Å²) in [6, 6.07) is 15.4. The molecule has 0 saturated heterocycles. The van der Waals surface area contributed by atoms with Crippen LogP contribution < -0.4 is 4.74 Å². The fourth-order valence-corrected chi connectivity index (χ4v) is 2.10. The van der Waals surface area contributed by atoms with E-state index in [1.54, 1.807) is 6.07 Å². The minimum atomic E-state index is -1.17. The molecule has 0 unspecified atom stereocenters. The van der Waals surface area contributed by atoms with Gasteiger partial charge in [0.2, 0.25) is 5.69 Å². The first-order valence-corrected chi connectivity index (χ1v) is 6.63. The minimum Gasteiger partial charge on any atom is -0.476 e. The number of nitrogens with zero attached hydrogens (tertiary/aromatic N) is 2. The number of ether oxygens (including phenoxy) is 1. The molecule has 1 heterocycles. The van der Waals surface area contributed by atoms with Crippen molar-refractivity contribution in [3.63, 3.8) is 0 Å². The molecule has 22 heavy (non-hydrogen) atoms. The van der Waals surface area contributed by atoms with Gasteiger partial charge in [0.25, 0.3) is 5.88 Å². The van der Waals surface area contributed by atoms with Crippen molar-refractivity contribution >= 4 is 5.97 Å². The van der Waals surface area contributed by atoms with E-state index in [1.807, 2.05) is 43.3 Å². The van der Waals surface area contributed by atoms with Gasteiger partial charge in [-0.2, -0.15) is 0 Å². The van der Waals surface area contributed by atoms with Crippen LogP contribution in [0.15, 0.2) is 48.5 Å². The van der Waals surface area contributed by atoms with Gasteiger partial charge in [-0.25, -0.2) is 9.89 Å². The van der Waals surface area contributed by atoms with E-state index in [9.17, 15) is 4.79 Å². The predicted octanol–water partition coefficient (Wildman–Crippen LogP) is 3.27. The predicted molar refractivity (Wildman–Crippen MR) is 80.0 cm³/mol. The zero-order chi connectivity index (χ0) is 15.5. The molecule has 0 aliphatic heterocycles. The highest BCUT2D eigenvalue weighted by molar-refractivity contribution is 5.87. The number of benzene rings is 2. The number of rotatable bonds is 4. The first-order valence-electron chi connectivity index (χ1n) is 6.63. The Morgan fingerprint density at radius 3 is 2.59 bits per heavy atom. The lowest BCUT2D eigenvalue weighted by molar-refractivity contribution is 0.0687. The quantitative estimate of drug-likeness (QED) is 0.771. The maximum atomic E-state index is 11.0. The van der Waals surface area contributed by atoms with Crippen LogP contribution in [-0.2, 0) is 0 Å². The van der Waals surface area contributed by atoms with Gasteiger partial charge in [0.05, 0.1) is 0 Å². The molecule has 110 valence electrons. The van der Waals surface area contributed by atoms with E-state index in [4.69, 9.17) is 9.84 Å². The summed E-state index contributed by atoms with van der Waals surface area (Å²) >= 11 is 0. The van der Waals surface area contributed by atoms with Crippen LogP contribution >= 0.6 is 0 Å². The number of aromatic carboxylic acids is 1. The molecule has 0 aliphatic carbocycles. The summed E-state index contributed by atoms with van der Waals surface area (Å²) in [5.41, 5.74) is 3.01. The summed E-state index contributed by atoms with van der Waals surface area (Å²) in [5, 5.41) is 18.4. The number of hydrogen-bond donors (Lipinski definition) is 2. The zero-order valence-corrected chi connectivity index (χ0v) is 11.8. The van der Waals surface area contributed by atoms with Crippen molar-refractivity contribution in [2.75, 3.05) is 0 Å². The maximum Gasteiger partial charge on any atom is 0.359 e. The number of nitrogens with one attached hydrogen (secondary N) is 1. The highest BCUT2D eigenvalue weighted by Crippen LogP contribution is 2.27. The summed E-state index contributed by atoms with van der Waals surface area (Å²) in [6.45, 7) is 2.03. The van der Waals surface area contributed by atoms with Crippen LogP contribution in [0.25, 0.3) is 11.1 Å². The molecular formula is C16H13N3O3. The van der Waals surface area contributed by atoms with E-state index >= 15 is 0 Å². The number of hydrogen-bond acceptors (Lipinski definition) is 4. The molecule has 0 amide bonds. The average Bonchev–Trinajstić information content (AvgIpc) is 2.96. The molecule has 0 aliphatic rings. The molecule has 0 radical (unpaired) electrons. The van der Waals surface area contributed by atoms with Crippen LogP contribution in [0.4, 0.5) is 0 Å². The van der Waals surface area contributed by atoms with E-state index in [1.165, 1.54) is 0 Å². The van der Waals surface area contributed by atoms with Crippen LogP contribution in [0.1, 0.15) is 16.1 Å². The zero-order valence-electron chi connectivity index (χ0n) is 11.8. The molecule has 2 N–H and O–H groups in total.